The van der Waals surface area contributed by atoms with Crippen molar-refractivity contribution in [3.63, 3.8) is 0 Å². The van der Waals surface area contributed by atoms with E-state index in [0.29, 0.717) is 12.1 Å². The van der Waals surface area contributed by atoms with E-state index in [1.165, 1.54) is 6.07 Å². The molecule has 1 N–H and O–H groups in total. The average Bonchev–Trinajstić information content (AvgIpc) is 3.11. The number of carbonyl (C=O) groups excluding carboxylic acids is 1. The van der Waals surface area contributed by atoms with E-state index < -0.39 is 11.6 Å². The first kappa shape index (κ1) is 16.8. The largest absolute Gasteiger partial charge is 0.347 e. The molecule has 0 fully saturated rings. The van der Waals surface area contributed by atoms with Gasteiger partial charge in [0, 0.05) is 12.4 Å². The lowest BCUT2D eigenvalue weighted by Gasteiger charge is -2.19. The van der Waals surface area contributed by atoms with Gasteiger partial charge in [-0.1, -0.05) is 36.4 Å². The van der Waals surface area contributed by atoms with Crippen LogP contribution in [0.4, 0.5) is 8.78 Å². The molecule has 25 heavy (non-hydrogen) atoms. The molecule has 0 saturated heterocycles. The van der Waals surface area contributed by atoms with Gasteiger partial charge >= 0.3 is 0 Å². The fourth-order valence-electron chi connectivity index (χ4n) is 2.60. The molecule has 0 bridgehead atoms. The molecule has 0 radical (unpaired) electrons. The number of aromatic nitrogens is 2. The summed E-state index contributed by atoms with van der Waals surface area (Å²) in [5, 5.41) is 7.11. The van der Waals surface area contributed by atoms with E-state index in [2.05, 4.69) is 10.4 Å². The monoisotopic (exact) mass is 341 g/mol. The van der Waals surface area contributed by atoms with Crippen molar-refractivity contribution < 1.29 is 13.6 Å². The Labute approximate surface area is 144 Å². The summed E-state index contributed by atoms with van der Waals surface area (Å²) in [7, 11) is 0. The summed E-state index contributed by atoms with van der Waals surface area (Å²) >= 11 is 0. The summed E-state index contributed by atoms with van der Waals surface area (Å²) < 4.78 is 28.0. The Bertz CT molecular complexity index is 835. The Balaban J connectivity index is 1.72. The molecule has 0 aliphatic carbocycles. The van der Waals surface area contributed by atoms with Crippen LogP contribution in [0, 0.1) is 11.6 Å². The van der Waals surface area contributed by atoms with E-state index in [-0.39, 0.29) is 18.4 Å². The second-order valence-corrected chi connectivity index (χ2v) is 5.68. The number of amides is 1. The third-order valence-corrected chi connectivity index (χ3v) is 3.81. The van der Waals surface area contributed by atoms with E-state index in [0.717, 1.165) is 17.7 Å². The molecular formula is C19H17F2N3O. The Morgan fingerprint density at radius 3 is 2.56 bits per heavy atom. The summed E-state index contributed by atoms with van der Waals surface area (Å²) in [6.07, 6.45) is 3.46. The average molecular weight is 341 g/mol. The summed E-state index contributed by atoms with van der Waals surface area (Å²) in [4.78, 5) is 12.4. The van der Waals surface area contributed by atoms with Crippen LogP contribution < -0.4 is 5.32 Å². The molecule has 128 valence electrons. The fraction of sp³-hybridized carbons (Fsp3) is 0.158. The van der Waals surface area contributed by atoms with Gasteiger partial charge in [-0.25, -0.2) is 8.78 Å². The molecule has 1 heterocycles. The van der Waals surface area contributed by atoms with Gasteiger partial charge in [-0.15, -0.1) is 0 Å². The van der Waals surface area contributed by atoms with Crippen LogP contribution >= 0.6 is 0 Å². The number of benzene rings is 2. The highest BCUT2D eigenvalue weighted by atomic mass is 19.2. The molecule has 0 spiro atoms. The number of hydrogen-bond acceptors (Lipinski definition) is 2. The molecule has 1 amide bonds. The van der Waals surface area contributed by atoms with E-state index in [1.807, 2.05) is 42.6 Å². The van der Waals surface area contributed by atoms with Gasteiger partial charge in [0.15, 0.2) is 11.6 Å². The van der Waals surface area contributed by atoms with Crippen LogP contribution in [0.5, 0.6) is 0 Å². The fourth-order valence-corrected chi connectivity index (χ4v) is 2.60. The second-order valence-electron chi connectivity index (χ2n) is 5.68. The lowest BCUT2D eigenvalue weighted by molar-refractivity contribution is -0.121. The normalized spacial score (nSPS) is 11.9. The van der Waals surface area contributed by atoms with Crippen molar-refractivity contribution >= 4 is 5.91 Å². The van der Waals surface area contributed by atoms with Gasteiger partial charge in [0.25, 0.3) is 0 Å². The van der Waals surface area contributed by atoms with Crippen LogP contribution in [0.2, 0.25) is 0 Å². The zero-order chi connectivity index (χ0) is 17.6. The number of nitrogens with zero attached hydrogens (tertiary/aromatic N) is 2. The second kappa shape index (κ2) is 7.70. The maximum Gasteiger partial charge on any atom is 0.224 e. The maximum atomic E-state index is 13.3. The third-order valence-electron chi connectivity index (χ3n) is 3.81. The van der Waals surface area contributed by atoms with E-state index in [9.17, 15) is 13.6 Å². The molecule has 0 unspecified atom stereocenters. The number of carbonyl (C=O) groups is 1. The molecule has 0 saturated carbocycles. The smallest absolute Gasteiger partial charge is 0.224 e. The van der Waals surface area contributed by atoms with Crippen LogP contribution in [-0.4, -0.2) is 15.7 Å². The predicted octanol–water partition coefficient (Wildman–Crippen LogP) is 3.26. The standard InChI is InChI=1S/C19H17F2N3O/c20-16-8-7-14(11-17(16)21)12-19(25)23-18(13-24-10-4-9-22-24)15-5-2-1-3-6-15/h1-11,18H,12-13H2,(H,23,25)/t18-/m0/s1. The molecule has 1 atom stereocenters. The van der Waals surface area contributed by atoms with Gasteiger partial charge < -0.3 is 5.32 Å². The van der Waals surface area contributed by atoms with E-state index in [1.54, 1.807) is 10.9 Å². The van der Waals surface area contributed by atoms with Crippen molar-refractivity contribution in [3.05, 3.63) is 89.8 Å². The molecule has 0 aliphatic rings. The zero-order valence-electron chi connectivity index (χ0n) is 13.4. The molecule has 4 nitrogen and oxygen atoms in total. The van der Waals surface area contributed by atoms with Gasteiger partial charge in [0.1, 0.15) is 0 Å². The highest BCUT2D eigenvalue weighted by molar-refractivity contribution is 5.79. The van der Waals surface area contributed by atoms with Crippen LogP contribution in [0.1, 0.15) is 17.2 Å². The molecule has 1 aromatic heterocycles. The van der Waals surface area contributed by atoms with Crippen molar-refractivity contribution in [2.45, 2.75) is 19.0 Å². The molecule has 0 aliphatic heterocycles. The topological polar surface area (TPSA) is 46.9 Å². The van der Waals surface area contributed by atoms with Crippen molar-refractivity contribution in [1.82, 2.24) is 15.1 Å². The number of nitrogens with one attached hydrogen (secondary N) is 1. The highest BCUT2D eigenvalue weighted by Crippen LogP contribution is 2.16. The van der Waals surface area contributed by atoms with Crippen molar-refractivity contribution in [2.24, 2.45) is 0 Å². The minimum Gasteiger partial charge on any atom is -0.347 e. The lowest BCUT2D eigenvalue weighted by Crippen LogP contribution is -2.32. The van der Waals surface area contributed by atoms with Crippen molar-refractivity contribution in [3.8, 4) is 0 Å². The van der Waals surface area contributed by atoms with E-state index >= 15 is 0 Å². The minimum atomic E-state index is -0.957. The van der Waals surface area contributed by atoms with Gasteiger partial charge in [0.05, 0.1) is 19.0 Å². The minimum absolute atomic E-state index is 0.0281. The maximum absolute atomic E-state index is 13.3. The Morgan fingerprint density at radius 2 is 1.88 bits per heavy atom. The zero-order valence-corrected chi connectivity index (χ0v) is 13.4. The molecular weight excluding hydrogens is 324 g/mol. The third kappa shape index (κ3) is 4.50. The van der Waals surface area contributed by atoms with Crippen LogP contribution in [0.3, 0.4) is 0 Å². The number of halogens is 2. The number of hydrogen-bond donors (Lipinski definition) is 1. The summed E-state index contributed by atoms with van der Waals surface area (Å²) in [6.45, 7) is 0.473. The summed E-state index contributed by atoms with van der Waals surface area (Å²) in [5.74, 6) is -2.15. The van der Waals surface area contributed by atoms with Gasteiger partial charge in [-0.2, -0.15) is 5.10 Å². The quantitative estimate of drug-likeness (QED) is 0.748. The Morgan fingerprint density at radius 1 is 1.08 bits per heavy atom. The molecule has 6 heteroatoms. The van der Waals surface area contributed by atoms with Crippen LogP contribution in [0.15, 0.2) is 67.0 Å². The van der Waals surface area contributed by atoms with Crippen molar-refractivity contribution in [2.75, 3.05) is 0 Å². The first-order valence-corrected chi connectivity index (χ1v) is 7.87. The molecule has 3 aromatic rings. The van der Waals surface area contributed by atoms with Gasteiger partial charge in [-0.3, -0.25) is 9.48 Å². The molecule has 2 aromatic carbocycles. The van der Waals surface area contributed by atoms with Crippen molar-refractivity contribution in [1.29, 1.82) is 0 Å². The Hall–Kier alpha value is -3.02. The first-order valence-electron chi connectivity index (χ1n) is 7.87. The SMILES string of the molecule is O=C(Cc1ccc(F)c(F)c1)N[C@@H](Cn1cccn1)c1ccccc1. The molecule has 3 rings (SSSR count). The van der Waals surface area contributed by atoms with Crippen LogP contribution in [-0.2, 0) is 17.8 Å². The summed E-state index contributed by atoms with van der Waals surface area (Å²) in [5.41, 5.74) is 1.36. The van der Waals surface area contributed by atoms with Gasteiger partial charge in [-0.05, 0) is 29.3 Å². The lowest BCUT2D eigenvalue weighted by atomic mass is 10.1. The predicted molar refractivity (Wildman–Crippen MR) is 89.6 cm³/mol. The van der Waals surface area contributed by atoms with Crippen LogP contribution in [0.25, 0.3) is 0 Å². The van der Waals surface area contributed by atoms with Gasteiger partial charge in [0.2, 0.25) is 5.91 Å². The van der Waals surface area contributed by atoms with E-state index in [4.69, 9.17) is 0 Å². The number of rotatable bonds is 6. The Kier molecular flexibility index (Phi) is 5.18. The first-order chi connectivity index (χ1) is 12.1. The highest BCUT2D eigenvalue weighted by Gasteiger charge is 2.16. The summed E-state index contributed by atoms with van der Waals surface area (Å²) in [6, 6.07) is 14.5.